The highest BCUT2D eigenvalue weighted by atomic mass is 19.3. The molecule has 0 aliphatic carbocycles. The minimum absolute atomic E-state index is 0.158. The summed E-state index contributed by atoms with van der Waals surface area (Å²) in [6.07, 6.45) is -0.439. The van der Waals surface area contributed by atoms with E-state index in [1.54, 1.807) is 6.07 Å². The van der Waals surface area contributed by atoms with E-state index < -0.39 is 12.5 Å². The van der Waals surface area contributed by atoms with Gasteiger partial charge >= 0.3 is 12.5 Å². The van der Waals surface area contributed by atoms with Crippen LogP contribution in [0.3, 0.4) is 0 Å². The monoisotopic (exact) mass is 637 g/mol. The zero-order valence-electron chi connectivity index (χ0n) is 26.1. The van der Waals surface area contributed by atoms with E-state index >= 15 is 0 Å². The summed E-state index contributed by atoms with van der Waals surface area (Å²) in [7, 11) is 0. The van der Waals surface area contributed by atoms with E-state index in [0.29, 0.717) is 36.7 Å². The van der Waals surface area contributed by atoms with Crippen LogP contribution in [-0.4, -0.2) is 33.8 Å². The molecule has 1 aliphatic heterocycles. The Kier molecular flexibility index (Phi) is 11.0. The van der Waals surface area contributed by atoms with Crippen LogP contribution in [0.5, 0.6) is 17.2 Å². The Morgan fingerprint density at radius 2 is 1.67 bits per heavy atom. The predicted octanol–water partition coefficient (Wildman–Crippen LogP) is 9.33. The van der Waals surface area contributed by atoms with Gasteiger partial charge in [0.25, 0.3) is 0 Å². The fraction of sp³-hybridized carbons (Fsp3) is 0.361. The number of hydrogen-bond acceptors (Lipinski definition) is 5. The minimum atomic E-state index is -4.59. The lowest BCUT2D eigenvalue weighted by Crippen LogP contribution is -2.33. The molecule has 1 aliphatic rings. The maximum atomic E-state index is 13.7. The van der Waals surface area contributed by atoms with Crippen molar-refractivity contribution in [2.24, 2.45) is 0 Å². The zero-order chi connectivity index (χ0) is 32.5. The van der Waals surface area contributed by atoms with Gasteiger partial charge in [-0.25, -0.2) is 4.98 Å². The number of fused-ring (bicyclic) bond motifs is 1. The molecule has 0 bridgehead atoms. The van der Waals surface area contributed by atoms with Crippen molar-refractivity contribution in [2.45, 2.75) is 78.2 Å². The molecule has 0 unspecified atom stereocenters. The molecule has 1 aromatic heterocycles. The van der Waals surface area contributed by atoms with Gasteiger partial charge < -0.3 is 18.8 Å². The molecule has 0 atom stereocenters. The summed E-state index contributed by atoms with van der Waals surface area (Å²) in [5.41, 5.74) is 4.51. The number of imidazole rings is 1. The van der Waals surface area contributed by atoms with Crippen LogP contribution in [-0.2, 0) is 26.2 Å². The van der Waals surface area contributed by atoms with Crippen molar-refractivity contribution in [3.63, 3.8) is 0 Å². The van der Waals surface area contributed by atoms with E-state index in [9.17, 15) is 17.6 Å². The van der Waals surface area contributed by atoms with Crippen molar-refractivity contribution < 1.29 is 31.8 Å². The van der Waals surface area contributed by atoms with E-state index in [0.717, 1.165) is 60.6 Å². The third-order valence-corrected chi connectivity index (χ3v) is 7.63. The fourth-order valence-electron chi connectivity index (χ4n) is 5.38. The number of allylic oxidation sites excluding steroid dienone is 1. The van der Waals surface area contributed by atoms with Gasteiger partial charge in [0.15, 0.2) is 11.5 Å². The molecule has 10 heteroatoms. The van der Waals surface area contributed by atoms with Crippen LogP contribution in [0.4, 0.5) is 17.6 Å². The summed E-state index contributed by atoms with van der Waals surface area (Å²) >= 11 is 0. The van der Waals surface area contributed by atoms with Crippen molar-refractivity contribution >= 4 is 6.08 Å². The van der Waals surface area contributed by atoms with Crippen LogP contribution in [0, 0.1) is 0 Å². The topological polar surface area (TPSA) is 48.8 Å². The Morgan fingerprint density at radius 1 is 0.913 bits per heavy atom. The molecule has 0 radical (unpaired) electrons. The third-order valence-electron chi connectivity index (χ3n) is 7.63. The molecule has 46 heavy (non-hydrogen) atoms. The molecule has 0 saturated heterocycles. The van der Waals surface area contributed by atoms with Crippen molar-refractivity contribution in [1.82, 2.24) is 14.5 Å². The third kappa shape index (κ3) is 8.28. The van der Waals surface area contributed by atoms with Gasteiger partial charge in [-0.3, -0.25) is 4.90 Å². The van der Waals surface area contributed by atoms with E-state index in [2.05, 4.69) is 52.3 Å². The first-order valence-electron chi connectivity index (χ1n) is 15.6. The van der Waals surface area contributed by atoms with Gasteiger partial charge in [-0.15, -0.1) is 0 Å². The standard InChI is InChI=1S/C36H39F4N3O3/c1-3-5-8-16-30-31(43(19-6-4-2)34(41-30)28-13-9-7-10-14-28)24-42(23-27-17-18-32-33(21-27)45-25-44-32)22-26-12-11-15-29(20-26)46-36(39,40)35(37)38/h7-18,20-21,35H,3-6,19,22-25H2,1-2H3/b16-8+. The Balaban J connectivity index is 1.54. The van der Waals surface area contributed by atoms with Crippen LogP contribution < -0.4 is 14.2 Å². The summed E-state index contributed by atoms with van der Waals surface area (Å²) in [4.78, 5) is 7.30. The Labute approximate surface area is 267 Å². The summed E-state index contributed by atoms with van der Waals surface area (Å²) in [5.74, 6) is 1.89. The first-order valence-corrected chi connectivity index (χ1v) is 15.6. The quantitative estimate of drug-likeness (QED) is 0.115. The number of ether oxygens (including phenoxy) is 3. The van der Waals surface area contributed by atoms with Crippen LogP contribution in [0.25, 0.3) is 17.5 Å². The molecule has 0 fully saturated rings. The lowest BCUT2D eigenvalue weighted by atomic mass is 10.1. The van der Waals surface area contributed by atoms with Crippen LogP contribution in [0.2, 0.25) is 0 Å². The Morgan fingerprint density at radius 3 is 2.41 bits per heavy atom. The minimum Gasteiger partial charge on any atom is -0.454 e. The number of unbranched alkanes of at least 4 members (excludes halogenated alkanes) is 2. The maximum Gasteiger partial charge on any atom is 0.461 e. The lowest BCUT2D eigenvalue weighted by molar-refractivity contribution is -0.253. The molecule has 244 valence electrons. The number of halogens is 4. The van der Waals surface area contributed by atoms with Crippen LogP contribution >= 0.6 is 0 Å². The molecular formula is C36H39F4N3O3. The average molecular weight is 638 g/mol. The summed E-state index contributed by atoms with van der Waals surface area (Å²) in [6.45, 7) is 6.49. The fourth-order valence-corrected chi connectivity index (χ4v) is 5.38. The highest BCUT2D eigenvalue weighted by Gasteiger charge is 2.44. The second kappa shape index (κ2) is 15.3. The van der Waals surface area contributed by atoms with Crippen molar-refractivity contribution in [2.75, 3.05) is 6.79 Å². The average Bonchev–Trinajstić information content (AvgIpc) is 3.64. The molecule has 0 saturated carbocycles. The number of nitrogens with zero attached hydrogens (tertiary/aromatic N) is 3. The second-order valence-corrected chi connectivity index (χ2v) is 11.3. The van der Waals surface area contributed by atoms with Gasteiger partial charge in [-0.1, -0.05) is 81.3 Å². The molecule has 0 amide bonds. The molecule has 5 rings (SSSR count). The number of benzene rings is 3. The summed E-state index contributed by atoms with van der Waals surface area (Å²) in [6, 6.07) is 21.8. The molecule has 3 aromatic carbocycles. The molecule has 2 heterocycles. The van der Waals surface area contributed by atoms with E-state index in [4.69, 9.17) is 14.5 Å². The van der Waals surface area contributed by atoms with E-state index in [1.807, 2.05) is 36.4 Å². The van der Waals surface area contributed by atoms with Crippen LogP contribution in [0.15, 0.2) is 78.9 Å². The SMILES string of the molecule is CCC/C=C/c1nc(-c2ccccc2)n(CCCC)c1CN(Cc1cccc(OC(F)(F)C(F)F)c1)Cc1ccc2c(c1)OCO2. The first kappa shape index (κ1) is 33.1. The molecule has 0 N–H and O–H groups in total. The van der Waals surface area contributed by atoms with Crippen molar-refractivity contribution in [3.8, 4) is 28.6 Å². The largest absolute Gasteiger partial charge is 0.461 e. The summed E-state index contributed by atoms with van der Waals surface area (Å²) in [5, 5.41) is 0. The highest BCUT2D eigenvalue weighted by molar-refractivity contribution is 5.61. The highest BCUT2D eigenvalue weighted by Crippen LogP contribution is 2.34. The van der Waals surface area contributed by atoms with Gasteiger partial charge in [0.2, 0.25) is 6.79 Å². The van der Waals surface area contributed by atoms with E-state index in [1.165, 1.54) is 18.2 Å². The molecule has 6 nitrogen and oxygen atoms in total. The number of hydrogen-bond donors (Lipinski definition) is 0. The number of alkyl halides is 4. The predicted molar refractivity (Wildman–Crippen MR) is 170 cm³/mol. The summed E-state index contributed by atoms with van der Waals surface area (Å²) < 4.78 is 71.0. The molecule has 4 aromatic rings. The Hall–Kier alpha value is -4.31. The van der Waals surface area contributed by atoms with Gasteiger partial charge in [-0.2, -0.15) is 17.6 Å². The normalized spacial score (nSPS) is 13.0. The number of rotatable bonds is 16. The zero-order valence-corrected chi connectivity index (χ0v) is 26.1. The van der Waals surface area contributed by atoms with Gasteiger partial charge in [0, 0.05) is 31.7 Å². The first-order chi connectivity index (χ1) is 22.3. The molecule has 0 spiro atoms. The smallest absolute Gasteiger partial charge is 0.454 e. The van der Waals surface area contributed by atoms with Crippen LogP contribution in [0.1, 0.15) is 62.0 Å². The van der Waals surface area contributed by atoms with Gasteiger partial charge in [0.1, 0.15) is 11.6 Å². The molecular weight excluding hydrogens is 598 g/mol. The van der Waals surface area contributed by atoms with Gasteiger partial charge in [0.05, 0.1) is 11.4 Å². The van der Waals surface area contributed by atoms with E-state index in [-0.39, 0.29) is 12.5 Å². The number of aromatic nitrogens is 2. The van der Waals surface area contributed by atoms with Gasteiger partial charge in [-0.05, 0) is 54.3 Å². The second-order valence-electron chi connectivity index (χ2n) is 11.3. The van der Waals surface area contributed by atoms with Crippen molar-refractivity contribution in [1.29, 1.82) is 0 Å². The Bertz CT molecular complexity index is 1610. The maximum absolute atomic E-state index is 13.7. The lowest BCUT2D eigenvalue weighted by Gasteiger charge is -2.25. The van der Waals surface area contributed by atoms with Crippen molar-refractivity contribution in [3.05, 3.63) is 101 Å².